The number of rotatable bonds is 5. The standard InChI is InChI=1S/C14H15FN4O/c15-12-3-1-2-11(13(12)19-16)14(20)18-9-6-10-4-7-17-8-5-10/h1-5,7-8,19H,6,9,16H2,(H,18,20). The van der Waals surface area contributed by atoms with Crippen molar-refractivity contribution >= 4 is 11.6 Å². The van der Waals surface area contributed by atoms with E-state index in [0.717, 1.165) is 5.56 Å². The molecule has 0 aliphatic carbocycles. The first-order chi connectivity index (χ1) is 9.72. The van der Waals surface area contributed by atoms with E-state index < -0.39 is 5.82 Å². The summed E-state index contributed by atoms with van der Waals surface area (Å²) in [6.45, 7) is 0.448. The minimum Gasteiger partial charge on any atom is -0.352 e. The van der Waals surface area contributed by atoms with Gasteiger partial charge in [-0.05, 0) is 36.2 Å². The normalized spacial score (nSPS) is 10.1. The van der Waals surface area contributed by atoms with E-state index in [1.165, 1.54) is 18.2 Å². The first-order valence-corrected chi connectivity index (χ1v) is 6.14. The minimum atomic E-state index is -0.561. The number of hydrazine groups is 1. The summed E-state index contributed by atoms with van der Waals surface area (Å²) in [4.78, 5) is 15.9. The smallest absolute Gasteiger partial charge is 0.253 e. The van der Waals surface area contributed by atoms with E-state index in [0.29, 0.717) is 13.0 Å². The summed E-state index contributed by atoms with van der Waals surface area (Å²) >= 11 is 0. The van der Waals surface area contributed by atoms with Gasteiger partial charge in [-0.3, -0.25) is 15.6 Å². The van der Waals surface area contributed by atoms with Gasteiger partial charge in [-0.15, -0.1) is 0 Å². The molecule has 0 spiro atoms. The molecule has 0 saturated heterocycles. The van der Waals surface area contributed by atoms with Gasteiger partial charge in [0.15, 0.2) is 0 Å². The highest BCUT2D eigenvalue weighted by Crippen LogP contribution is 2.18. The Morgan fingerprint density at radius 2 is 2.00 bits per heavy atom. The van der Waals surface area contributed by atoms with Gasteiger partial charge in [0.2, 0.25) is 0 Å². The minimum absolute atomic E-state index is 0.00564. The third-order valence-electron chi connectivity index (χ3n) is 2.85. The predicted octanol–water partition coefficient (Wildman–Crippen LogP) is 1.48. The van der Waals surface area contributed by atoms with Crippen LogP contribution in [0, 0.1) is 5.82 Å². The molecule has 0 fully saturated rings. The fourth-order valence-corrected chi connectivity index (χ4v) is 1.83. The van der Waals surface area contributed by atoms with Crippen LogP contribution in [0.25, 0.3) is 0 Å². The van der Waals surface area contributed by atoms with Crippen molar-refractivity contribution in [2.75, 3.05) is 12.0 Å². The van der Waals surface area contributed by atoms with Crippen molar-refractivity contribution in [3.8, 4) is 0 Å². The summed E-state index contributed by atoms with van der Waals surface area (Å²) in [7, 11) is 0. The summed E-state index contributed by atoms with van der Waals surface area (Å²) < 4.78 is 13.5. The first kappa shape index (κ1) is 14.0. The molecule has 20 heavy (non-hydrogen) atoms. The Kier molecular flexibility index (Phi) is 4.62. The Morgan fingerprint density at radius 3 is 2.70 bits per heavy atom. The lowest BCUT2D eigenvalue weighted by Gasteiger charge is -2.10. The molecule has 5 nitrogen and oxygen atoms in total. The lowest BCUT2D eigenvalue weighted by atomic mass is 10.1. The second-order valence-electron chi connectivity index (χ2n) is 4.17. The van der Waals surface area contributed by atoms with Gasteiger partial charge in [-0.25, -0.2) is 4.39 Å². The number of para-hydroxylation sites is 1. The van der Waals surface area contributed by atoms with Gasteiger partial charge in [0, 0.05) is 18.9 Å². The van der Waals surface area contributed by atoms with E-state index in [1.54, 1.807) is 12.4 Å². The highest BCUT2D eigenvalue weighted by molar-refractivity contribution is 5.99. The van der Waals surface area contributed by atoms with Crippen LogP contribution in [0.1, 0.15) is 15.9 Å². The van der Waals surface area contributed by atoms with E-state index in [2.05, 4.69) is 15.7 Å². The van der Waals surface area contributed by atoms with Crippen molar-refractivity contribution in [1.82, 2.24) is 10.3 Å². The van der Waals surface area contributed by atoms with Crippen LogP contribution < -0.4 is 16.6 Å². The largest absolute Gasteiger partial charge is 0.352 e. The van der Waals surface area contributed by atoms with E-state index in [-0.39, 0.29) is 17.2 Å². The van der Waals surface area contributed by atoms with Gasteiger partial charge in [-0.2, -0.15) is 0 Å². The van der Waals surface area contributed by atoms with Crippen molar-refractivity contribution in [3.05, 3.63) is 59.7 Å². The van der Waals surface area contributed by atoms with Gasteiger partial charge in [0.1, 0.15) is 5.82 Å². The number of nitrogens with two attached hydrogens (primary N) is 1. The number of pyridine rings is 1. The third-order valence-corrected chi connectivity index (χ3v) is 2.85. The molecule has 0 bridgehead atoms. The third kappa shape index (κ3) is 3.30. The fraction of sp³-hybridized carbons (Fsp3) is 0.143. The maximum Gasteiger partial charge on any atom is 0.253 e. The Balaban J connectivity index is 1.97. The molecule has 6 heteroatoms. The molecule has 0 aliphatic heterocycles. The number of carbonyl (C=O) groups excluding carboxylic acids is 1. The van der Waals surface area contributed by atoms with Gasteiger partial charge in [0.05, 0.1) is 11.3 Å². The number of aromatic nitrogens is 1. The molecule has 0 saturated carbocycles. The molecule has 0 aliphatic rings. The van der Waals surface area contributed by atoms with Crippen molar-refractivity contribution in [2.45, 2.75) is 6.42 Å². The van der Waals surface area contributed by atoms with E-state index >= 15 is 0 Å². The molecule has 1 aromatic carbocycles. The highest BCUT2D eigenvalue weighted by atomic mass is 19.1. The van der Waals surface area contributed by atoms with Crippen molar-refractivity contribution in [2.24, 2.45) is 5.84 Å². The quantitative estimate of drug-likeness (QED) is 0.570. The van der Waals surface area contributed by atoms with Crippen LogP contribution >= 0.6 is 0 Å². The molecule has 104 valence electrons. The molecule has 4 N–H and O–H groups in total. The van der Waals surface area contributed by atoms with Crippen molar-refractivity contribution in [3.63, 3.8) is 0 Å². The molecule has 2 rings (SSSR count). The van der Waals surface area contributed by atoms with Crippen LogP contribution in [0.2, 0.25) is 0 Å². The number of amides is 1. The number of anilines is 1. The van der Waals surface area contributed by atoms with E-state index in [4.69, 9.17) is 5.84 Å². The maximum absolute atomic E-state index is 13.5. The van der Waals surface area contributed by atoms with Gasteiger partial charge < -0.3 is 10.7 Å². The zero-order chi connectivity index (χ0) is 14.4. The lowest BCUT2D eigenvalue weighted by Crippen LogP contribution is -2.27. The van der Waals surface area contributed by atoms with Crippen LogP contribution in [-0.2, 0) is 6.42 Å². The second kappa shape index (κ2) is 6.63. The van der Waals surface area contributed by atoms with Crippen LogP contribution in [0.4, 0.5) is 10.1 Å². The number of carbonyl (C=O) groups is 1. The summed E-state index contributed by atoms with van der Waals surface area (Å²) in [6, 6.07) is 7.97. The fourth-order valence-electron chi connectivity index (χ4n) is 1.83. The van der Waals surface area contributed by atoms with Gasteiger partial charge in [0.25, 0.3) is 5.91 Å². The van der Waals surface area contributed by atoms with Gasteiger partial charge >= 0.3 is 0 Å². The van der Waals surface area contributed by atoms with Crippen molar-refractivity contribution in [1.29, 1.82) is 0 Å². The average Bonchev–Trinajstić information content (AvgIpc) is 2.48. The Labute approximate surface area is 116 Å². The SMILES string of the molecule is NNc1c(F)cccc1C(=O)NCCc1ccncc1. The predicted molar refractivity (Wildman–Crippen MR) is 74.5 cm³/mol. The number of nitrogens with one attached hydrogen (secondary N) is 2. The summed E-state index contributed by atoms with van der Waals surface area (Å²) in [5.41, 5.74) is 3.45. The molecular formula is C14H15FN4O. The maximum atomic E-state index is 13.5. The number of hydrogen-bond acceptors (Lipinski definition) is 4. The number of nitrogen functional groups attached to an aromatic ring is 1. The number of benzene rings is 1. The van der Waals surface area contributed by atoms with Crippen LogP contribution in [0.5, 0.6) is 0 Å². The number of hydrogen-bond donors (Lipinski definition) is 3. The zero-order valence-electron chi connectivity index (χ0n) is 10.8. The topological polar surface area (TPSA) is 80.0 Å². The summed E-state index contributed by atoms with van der Waals surface area (Å²) in [6.07, 6.45) is 4.06. The monoisotopic (exact) mass is 274 g/mol. The molecule has 2 aromatic rings. The summed E-state index contributed by atoms with van der Waals surface area (Å²) in [5.74, 6) is 4.30. The molecule has 0 unspecified atom stereocenters. The zero-order valence-corrected chi connectivity index (χ0v) is 10.8. The number of halogens is 1. The Hall–Kier alpha value is -2.47. The van der Waals surface area contributed by atoms with Crippen LogP contribution in [-0.4, -0.2) is 17.4 Å². The van der Waals surface area contributed by atoms with Crippen LogP contribution in [0.15, 0.2) is 42.7 Å². The second-order valence-corrected chi connectivity index (χ2v) is 4.17. The number of nitrogens with zero attached hydrogens (tertiary/aromatic N) is 1. The molecule has 0 atom stereocenters. The molecule has 1 heterocycles. The molecule has 0 radical (unpaired) electrons. The van der Waals surface area contributed by atoms with E-state index in [9.17, 15) is 9.18 Å². The Bertz CT molecular complexity index is 589. The van der Waals surface area contributed by atoms with E-state index in [1.807, 2.05) is 12.1 Å². The average molecular weight is 274 g/mol. The summed E-state index contributed by atoms with van der Waals surface area (Å²) in [5, 5.41) is 2.73. The van der Waals surface area contributed by atoms with Gasteiger partial charge in [-0.1, -0.05) is 6.07 Å². The lowest BCUT2D eigenvalue weighted by molar-refractivity contribution is 0.0954. The molecule has 1 aromatic heterocycles. The Morgan fingerprint density at radius 1 is 1.25 bits per heavy atom. The molecule has 1 amide bonds. The van der Waals surface area contributed by atoms with Crippen molar-refractivity contribution < 1.29 is 9.18 Å². The first-order valence-electron chi connectivity index (χ1n) is 6.14. The van der Waals surface area contributed by atoms with Crippen LogP contribution in [0.3, 0.4) is 0 Å². The highest BCUT2D eigenvalue weighted by Gasteiger charge is 2.13. The molecular weight excluding hydrogens is 259 g/mol.